The Labute approximate surface area is 196 Å². The number of esters is 1. The lowest BCUT2D eigenvalue weighted by Crippen LogP contribution is -2.40. The van der Waals surface area contributed by atoms with Gasteiger partial charge in [-0.05, 0) is 48.8 Å². The van der Waals surface area contributed by atoms with E-state index >= 15 is 0 Å². The molecule has 0 unspecified atom stereocenters. The van der Waals surface area contributed by atoms with Crippen LogP contribution in [0.1, 0.15) is 85.6 Å². The molecule has 6 nitrogen and oxygen atoms in total. The van der Waals surface area contributed by atoms with E-state index in [1.807, 2.05) is 17.6 Å². The Morgan fingerprint density at radius 3 is 2.42 bits per heavy atom. The molecule has 1 aliphatic rings. The molecule has 1 fully saturated rings. The third-order valence-electron chi connectivity index (χ3n) is 6.61. The lowest BCUT2D eigenvalue weighted by Gasteiger charge is -2.26. The Bertz CT molecular complexity index is 1010. The van der Waals surface area contributed by atoms with Crippen molar-refractivity contribution in [3.63, 3.8) is 0 Å². The molecule has 0 bridgehead atoms. The lowest BCUT2D eigenvalue weighted by molar-refractivity contribution is -0.143. The van der Waals surface area contributed by atoms with E-state index < -0.39 is 17.9 Å². The number of pyridine rings is 1. The molecule has 1 amide bonds. The fraction of sp³-hybridized carbons (Fsp3) is 0.519. The Morgan fingerprint density at radius 1 is 1.12 bits per heavy atom. The van der Waals surface area contributed by atoms with E-state index in [0.29, 0.717) is 18.0 Å². The van der Waals surface area contributed by atoms with Crippen LogP contribution in [0.2, 0.25) is 0 Å². The molecule has 1 aromatic heterocycles. The quantitative estimate of drug-likeness (QED) is 0.565. The molecular formula is C27H36N2O4. The Hall–Kier alpha value is -2.89. The Morgan fingerprint density at radius 2 is 1.82 bits per heavy atom. The van der Waals surface area contributed by atoms with Gasteiger partial charge in [-0.15, -0.1) is 0 Å². The van der Waals surface area contributed by atoms with Crippen LogP contribution in [0.4, 0.5) is 0 Å². The molecule has 178 valence electrons. The maximum absolute atomic E-state index is 13.6. The van der Waals surface area contributed by atoms with Crippen molar-refractivity contribution in [1.29, 1.82) is 0 Å². The zero-order valence-electron chi connectivity index (χ0n) is 20.1. The van der Waals surface area contributed by atoms with Crippen LogP contribution in [0.25, 0.3) is 0 Å². The molecule has 33 heavy (non-hydrogen) atoms. The molecule has 1 aromatic carbocycles. The number of hydrogen-bond acceptors (Lipinski definition) is 4. The summed E-state index contributed by atoms with van der Waals surface area (Å²) < 4.78 is 6.77. The van der Waals surface area contributed by atoms with Gasteiger partial charge in [0.15, 0.2) is 6.04 Å². The molecule has 1 saturated carbocycles. The molecule has 0 saturated heterocycles. The van der Waals surface area contributed by atoms with Crippen LogP contribution in [0.15, 0.2) is 41.2 Å². The molecule has 0 aliphatic heterocycles. The minimum absolute atomic E-state index is 0.0901. The molecule has 1 N–H and O–H groups in total. The van der Waals surface area contributed by atoms with Crippen LogP contribution in [0.3, 0.4) is 0 Å². The van der Waals surface area contributed by atoms with Crippen molar-refractivity contribution < 1.29 is 14.3 Å². The first-order valence-corrected chi connectivity index (χ1v) is 12.2. The van der Waals surface area contributed by atoms with Crippen LogP contribution in [-0.4, -0.2) is 23.6 Å². The SMILES string of the molecule is CCCc1c(CC)cc(C(=O)N[C@H](C(=O)OC)c2ccccc2)c(=O)n1CC1CCCCC1. The van der Waals surface area contributed by atoms with E-state index in [1.54, 1.807) is 30.3 Å². The predicted octanol–water partition coefficient (Wildman–Crippen LogP) is 4.59. The molecule has 2 aromatic rings. The number of methoxy groups -OCH3 is 1. The zero-order valence-corrected chi connectivity index (χ0v) is 20.1. The summed E-state index contributed by atoms with van der Waals surface area (Å²) in [7, 11) is 1.29. The third-order valence-corrected chi connectivity index (χ3v) is 6.61. The number of aryl methyl sites for hydroxylation is 1. The van der Waals surface area contributed by atoms with Gasteiger partial charge in [0.1, 0.15) is 5.56 Å². The fourth-order valence-electron chi connectivity index (χ4n) is 4.83. The van der Waals surface area contributed by atoms with Crippen molar-refractivity contribution in [3.8, 4) is 0 Å². The van der Waals surface area contributed by atoms with Crippen LogP contribution < -0.4 is 10.9 Å². The number of carbonyl (C=O) groups excluding carboxylic acids is 2. The summed E-state index contributed by atoms with van der Waals surface area (Å²) >= 11 is 0. The van der Waals surface area contributed by atoms with E-state index in [4.69, 9.17) is 4.74 Å². The normalized spacial score (nSPS) is 15.1. The molecule has 3 rings (SSSR count). The first kappa shape index (κ1) is 24.7. The molecule has 1 heterocycles. The van der Waals surface area contributed by atoms with Gasteiger partial charge in [-0.2, -0.15) is 0 Å². The summed E-state index contributed by atoms with van der Waals surface area (Å²) in [5.41, 5.74) is 2.49. The Balaban J connectivity index is 2.00. The van der Waals surface area contributed by atoms with Crippen LogP contribution in [0.5, 0.6) is 0 Å². The lowest BCUT2D eigenvalue weighted by atomic mass is 9.89. The van der Waals surface area contributed by atoms with Gasteiger partial charge >= 0.3 is 5.97 Å². The number of hydrogen-bond donors (Lipinski definition) is 1. The second kappa shape index (κ2) is 11.8. The number of nitrogens with one attached hydrogen (secondary N) is 1. The maximum Gasteiger partial charge on any atom is 0.333 e. The number of rotatable bonds is 9. The molecule has 0 spiro atoms. The van der Waals surface area contributed by atoms with Crippen LogP contribution >= 0.6 is 0 Å². The third kappa shape index (κ3) is 5.92. The summed E-state index contributed by atoms with van der Waals surface area (Å²) in [4.78, 5) is 39.3. The van der Waals surface area contributed by atoms with Crippen molar-refractivity contribution >= 4 is 11.9 Å². The number of amides is 1. The second-order valence-electron chi connectivity index (χ2n) is 8.89. The maximum atomic E-state index is 13.6. The van der Waals surface area contributed by atoms with Crippen molar-refractivity contribution in [2.45, 2.75) is 77.8 Å². The highest BCUT2D eigenvalue weighted by Gasteiger charge is 2.27. The van der Waals surface area contributed by atoms with Crippen molar-refractivity contribution in [1.82, 2.24) is 9.88 Å². The van der Waals surface area contributed by atoms with E-state index in [0.717, 1.165) is 43.4 Å². The van der Waals surface area contributed by atoms with E-state index in [9.17, 15) is 14.4 Å². The molecule has 6 heteroatoms. The van der Waals surface area contributed by atoms with Gasteiger partial charge in [-0.25, -0.2) is 4.79 Å². The first-order valence-electron chi connectivity index (χ1n) is 12.2. The van der Waals surface area contributed by atoms with Gasteiger partial charge in [0.2, 0.25) is 0 Å². The van der Waals surface area contributed by atoms with Gasteiger partial charge in [0.05, 0.1) is 7.11 Å². The number of nitrogens with zero attached hydrogens (tertiary/aromatic N) is 1. The summed E-state index contributed by atoms with van der Waals surface area (Å²) in [5.74, 6) is -0.660. The Kier molecular flexibility index (Phi) is 8.87. The van der Waals surface area contributed by atoms with Crippen LogP contribution in [-0.2, 0) is 28.9 Å². The zero-order chi connectivity index (χ0) is 23.8. The highest BCUT2D eigenvalue weighted by atomic mass is 16.5. The largest absolute Gasteiger partial charge is 0.467 e. The highest BCUT2D eigenvalue weighted by Crippen LogP contribution is 2.26. The molecule has 1 atom stereocenters. The number of carbonyl (C=O) groups is 2. The summed E-state index contributed by atoms with van der Waals surface area (Å²) in [6.07, 6.45) is 8.36. The minimum atomic E-state index is -0.977. The summed E-state index contributed by atoms with van der Waals surface area (Å²) in [5, 5.41) is 2.75. The first-order chi connectivity index (χ1) is 16.0. The number of benzene rings is 1. The van der Waals surface area contributed by atoms with Gasteiger partial charge in [-0.1, -0.05) is 69.9 Å². The molecule has 1 aliphatic carbocycles. The van der Waals surface area contributed by atoms with E-state index in [-0.39, 0.29) is 11.1 Å². The summed E-state index contributed by atoms with van der Waals surface area (Å²) in [6.45, 7) is 4.81. The van der Waals surface area contributed by atoms with Gasteiger partial charge < -0.3 is 14.6 Å². The van der Waals surface area contributed by atoms with Gasteiger partial charge in [-0.3, -0.25) is 9.59 Å². The number of aromatic nitrogens is 1. The minimum Gasteiger partial charge on any atom is -0.467 e. The smallest absolute Gasteiger partial charge is 0.333 e. The van der Waals surface area contributed by atoms with Crippen LogP contribution in [0, 0.1) is 5.92 Å². The standard InChI is InChI=1S/C27H36N2O4/c1-4-12-23-20(5-2)17-22(26(31)29(23)18-19-13-8-6-9-14-19)25(30)28-24(27(32)33-3)21-15-10-7-11-16-21/h7,10-11,15-17,19,24H,4-6,8-9,12-14,18H2,1-3H3,(H,28,30)/t24-/m0/s1. The average molecular weight is 453 g/mol. The van der Waals surface area contributed by atoms with Crippen molar-refractivity contribution in [3.05, 3.63) is 69.1 Å². The summed E-state index contributed by atoms with van der Waals surface area (Å²) in [6, 6.07) is 9.68. The van der Waals surface area contributed by atoms with Gasteiger partial charge in [0.25, 0.3) is 11.5 Å². The average Bonchev–Trinajstić information content (AvgIpc) is 2.85. The van der Waals surface area contributed by atoms with E-state index in [2.05, 4.69) is 12.2 Å². The monoisotopic (exact) mass is 452 g/mol. The predicted molar refractivity (Wildman–Crippen MR) is 129 cm³/mol. The topological polar surface area (TPSA) is 77.4 Å². The number of ether oxygens (including phenoxy) is 1. The van der Waals surface area contributed by atoms with Gasteiger partial charge in [0, 0.05) is 12.2 Å². The highest BCUT2D eigenvalue weighted by molar-refractivity contribution is 5.97. The van der Waals surface area contributed by atoms with Crippen molar-refractivity contribution in [2.75, 3.05) is 7.11 Å². The fourth-order valence-corrected chi connectivity index (χ4v) is 4.83. The second-order valence-corrected chi connectivity index (χ2v) is 8.89. The molecular weight excluding hydrogens is 416 g/mol. The van der Waals surface area contributed by atoms with E-state index in [1.165, 1.54) is 26.4 Å². The molecule has 0 radical (unpaired) electrons. The van der Waals surface area contributed by atoms with Crippen molar-refractivity contribution in [2.24, 2.45) is 5.92 Å².